The average Bonchev–Trinajstić information content (AvgIpc) is 3.12. The van der Waals surface area contributed by atoms with Crippen molar-refractivity contribution in [2.45, 2.75) is 271 Å². The van der Waals surface area contributed by atoms with Crippen LogP contribution in [0.25, 0.3) is 0 Å². The number of nitrogens with zero attached hydrogens (tertiary/aromatic N) is 1. The Bertz CT molecular complexity index is 589. The summed E-state index contributed by atoms with van der Waals surface area (Å²) in [4.78, 5) is 0. The minimum atomic E-state index is -0.623. The zero-order valence-corrected chi connectivity index (χ0v) is 38.5. The molecule has 316 valence electrons. The normalized spacial score (nSPS) is 12.3. The molecule has 0 saturated carbocycles. The molecule has 0 aromatic carbocycles. The third-order valence-electron chi connectivity index (χ3n) is 11.7. The van der Waals surface area contributed by atoms with E-state index in [9.17, 15) is 0 Å². The topological polar surface area (TPSA) is 9.23 Å². The Hall–Kier alpha value is 0.350. The Balaban J connectivity index is 3.64. The van der Waals surface area contributed by atoms with Crippen molar-refractivity contribution >= 4 is 8.15 Å². The molecule has 0 fully saturated rings. The molecule has 0 N–H and O–H groups in total. The summed E-state index contributed by atoms with van der Waals surface area (Å²) in [5.74, 6) is 0. The third-order valence-corrected chi connectivity index (χ3v) is 14.1. The van der Waals surface area contributed by atoms with Crippen LogP contribution in [0.15, 0.2) is 0 Å². The predicted molar refractivity (Wildman–Crippen MR) is 243 cm³/mol. The number of unbranched alkanes of at least 4 members (excludes halogenated alkanes) is 38. The monoisotopic (exact) mass is 754 g/mol. The summed E-state index contributed by atoms with van der Waals surface area (Å²) < 4.78 is 7.61. The van der Waals surface area contributed by atoms with E-state index < -0.39 is 8.15 Å². The van der Waals surface area contributed by atoms with Crippen LogP contribution in [-0.4, -0.2) is 51.1 Å². The van der Waals surface area contributed by atoms with Gasteiger partial charge in [0.15, 0.2) is 0 Å². The molecule has 0 aliphatic rings. The van der Waals surface area contributed by atoms with E-state index in [1.807, 2.05) is 0 Å². The number of quaternary nitrogens is 1. The van der Waals surface area contributed by atoms with Crippen LogP contribution in [-0.2, 0) is 4.52 Å². The molecule has 0 radical (unpaired) electrons. The second-order valence-corrected chi connectivity index (χ2v) is 20.7. The molecule has 0 aliphatic carbocycles. The van der Waals surface area contributed by atoms with Crippen LogP contribution in [0.5, 0.6) is 0 Å². The molecular weight excluding hydrogens is 650 g/mol. The van der Waals surface area contributed by atoms with E-state index in [1.165, 1.54) is 269 Å². The molecule has 0 bridgehead atoms. The van der Waals surface area contributed by atoms with E-state index in [4.69, 9.17) is 4.52 Å². The van der Waals surface area contributed by atoms with Crippen LogP contribution < -0.4 is 0 Å². The molecule has 0 aliphatic heterocycles. The third kappa shape index (κ3) is 46.5. The Morgan fingerprint density at radius 2 is 0.481 bits per heavy atom. The Morgan fingerprint density at radius 1 is 0.288 bits per heavy atom. The molecule has 0 spiro atoms. The van der Waals surface area contributed by atoms with Gasteiger partial charge >= 0.3 is 205 Å². The molecule has 0 atom stereocenters. The quantitative estimate of drug-likeness (QED) is 0.0342. The second-order valence-electron chi connectivity index (χ2n) is 18.3. The van der Waals surface area contributed by atoms with Gasteiger partial charge in [-0.1, -0.05) is 129 Å². The van der Waals surface area contributed by atoms with Gasteiger partial charge in [-0.05, 0) is 0 Å². The molecule has 0 aromatic rings. The van der Waals surface area contributed by atoms with Crippen molar-refractivity contribution in [3.05, 3.63) is 0 Å². The van der Waals surface area contributed by atoms with Crippen LogP contribution in [0.1, 0.15) is 271 Å². The van der Waals surface area contributed by atoms with Gasteiger partial charge in [-0.25, -0.2) is 0 Å². The van der Waals surface area contributed by atoms with E-state index in [2.05, 4.69) is 35.0 Å². The van der Waals surface area contributed by atoms with Crippen LogP contribution in [0.4, 0.5) is 0 Å². The van der Waals surface area contributed by atoms with Gasteiger partial charge in [-0.15, -0.1) is 0 Å². The van der Waals surface area contributed by atoms with Crippen molar-refractivity contribution in [3.63, 3.8) is 0 Å². The maximum atomic E-state index is 6.59. The molecule has 2 nitrogen and oxygen atoms in total. The molecule has 0 aromatic heterocycles. The zero-order chi connectivity index (χ0) is 37.9. The van der Waals surface area contributed by atoms with Crippen LogP contribution in [0.2, 0.25) is 0 Å². The maximum absolute atomic E-state index is 6.59. The van der Waals surface area contributed by atoms with E-state index in [0.717, 1.165) is 17.6 Å². The molecule has 52 heavy (non-hydrogen) atoms. The fourth-order valence-corrected chi connectivity index (χ4v) is 10.1. The summed E-state index contributed by atoms with van der Waals surface area (Å²) >= 11 is 0. The Labute approximate surface area is 333 Å². The summed E-state index contributed by atoms with van der Waals surface area (Å²) in [5.41, 5.74) is 0. The van der Waals surface area contributed by atoms with E-state index in [-0.39, 0.29) is 0 Å². The molecule has 0 rings (SSSR count). The SMILES string of the molecule is CCCCCCCCCCCCCCCCCCCCCC[PH-](CCCCCCCCCCCCCCCCCCCCCC)OCC[N+](C)(C)C. The fraction of sp³-hybridized carbons (Fsp3) is 1.00. The minimum absolute atomic E-state index is 0.623. The van der Waals surface area contributed by atoms with E-state index >= 15 is 0 Å². The van der Waals surface area contributed by atoms with Crippen molar-refractivity contribution in [2.24, 2.45) is 0 Å². The van der Waals surface area contributed by atoms with Gasteiger partial charge in [0, 0.05) is 0 Å². The average molecular weight is 754 g/mol. The molecule has 3 heteroatoms. The van der Waals surface area contributed by atoms with Crippen LogP contribution in [0, 0.1) is 0 Å². The van der Waals surface area contributed by atoms with Crippen LogP contribution >= 0.6 is 8.15 Å². The molecule has 0 unspecified atom stereocenters. The Kier molecular flexibility index (Phi) is 44.4. The van der Waals surface area contributed by atoms with Crippen molar-refractivity contribution < 1.29 is 9.01 Å². The van der Waals surface area contributed by atoms with Gasteiger partial charge in [-0.2, -0.15) is 0 Å². The van der Waals surface area contributed by atoms with Crippen molar-refractivity contribution in [2.75, 3.05) is 46.6 Å². The fourth-order valence-electron chi connectivity index (χ4n) is 7.89. The van der Waals surface area contributed by atoms with Crippen LogP contribution in [0.3, 0.4) is 0 Å². The predicted octanol–water partition coefficient (Wildman–Crippen LogP) is 17.5. The van der Waals surface area contributed by atoms with Crippen molar-refractivity contribution in [3.8, 4) is 0 Å². The van der Waals surface area contributed by atoms with Gasteiger partial charge in [0.1, 0.15) is 0 Å². The molecule has 0 heterocycles. The summed E-state index contributed by atoms with van der Waals surface area (Å²) in [6.07, 6.45) is 61.3. The van der Waals surface area contributed by atoms with E-state index in [0.29, 0.717) is 0 Å². The first-order chi connectivity index (χ1) is 25.5. The number of hydrogen-bond donors (Lipinski definition) is 0. The van der Waals surface area contributed by atoms with Gasteiger partial charge in [-0.3, -0.25) is 0 Å². The van der Waals surface area contributed by atoms with Gasteiger partial charge in [0.25, 0.3) is 0 Å². The second kappa shape index (κ2) is 44.1. The molecule has 0 amide bonds. The first-order valence-electron chi connectivity index (χ1n) is 24.8. The number of likely N-dealkylation sites (N-methyl/N-ethyl adjacent to an activating group) is 1. The summed E-state index contributed by atoms with van der Waals surface area (Å²) in [6.45, 7) is 6.74. The summed E-state index contributed by atoms with van der Waals surface area (Å²) in [7, 11) is 6.27. The first kappa shape index (κ1) is 52.3. The van der Waals surface area contributed by atoms with E-state index in [1.54, 1.807) is 0 Å². The standard InChI is InChI=1S/C49H104NOP/c1-6-8-10-12-14-16-18-20-22-24-26-28-30-32-34-36-38-40-42-44-48-52(51-47-46-50(3,4)5)49-45-43-41-39-37-35-33-31-29-27-25-23-21-19-17-15-13-11-9-7-2/h52H,6-49H2,1-5H3. The van der Waals surface area contributed by atoms with Crippen molar-refractivity contribution in [1.82, 2.24) is 0 Å². The number of rotatable bonds is 46. The number of hydrogen-bond acceptors (Lipinski definition) is 1. The molecule has 0 saturated heterocycles. The molecular formula is C49H104NOP. The van der Waals surface area contributed by atoms with Gasteiger partial charge in [0.05, 0.1) is 0 Å². The van der Waals surface area contributed by atoms with Gasteiger partial charge in [0.2, 0.25) is 0 Å². The summed E-state index contributed by atoms with van der Waals surface area (Å²) in [5, 5.41) is 0. The summed E-state index contributed by atoms with van der Waals surface area (Å²) in [6, 6.07) is 0. The zero-order valence-electron chi connectivity index (χ0n) is 37.5. The first-order valence-corrected chi connectivity index (χ1v) is 26.6. The van der Waals surface area contributed by atoms with Gasteiger partial charge < -0.3 is 0 Å². The Morgan fingerprint density at radius 3 is 0.673 bits per heavy atom. The van der Waals surface area contributed by atoms with Crippen molar-refractivity contribution in [1.29, 1.82) is 0 Å².